The van der Waals surface area contributed by atoms with Crippen molar-refractivity contribution in [2.24, 2.45) is 0 Å². The maximum absolute atomic E-state index is 12.1. The highest BCUT2D eigenvalue weighted by atomic mass is 16.7. The number of carbonyl (C=O) groups excluding carboxylic acids is 4. The summed E-state index contributed by atoms with van der Waals surface area (Å²) in [6, 6.07) is 0. The average Bonchev–Trinajstić information content (AvgIpc) is 3.22. The number of hydrogen-bond acceptors (Lipinski definition) is 15. The summed E-state index contributed by atoms with van der Waals surface area (Å²) >= 11 is 0. The number of aromatic nitrogens is 3. The second-order valence-electron chi connectivity index (χ2n) is 8.07. The summed E-state index contributed by atoms with van der Waals surface area (Å²) in [6.07, 6.45) is -6.65. The van der Waals surface area contributed by atoms with Crippen molar-refractivity contribution in [3.05, 3.63) is 11.4 Å². The predicted octanol–water partition coefficient (Wildman–Crippen LogP) is -1.45. The van der Waals surface area contributed by atoms with E-state index in [1.54, 1.807) is 0 Å². The molecule has 5 atom stereocenters. The number of rotatable bonds is 14. The molecule has 0 amide bonds. The number of carbonyl (C=O) groups is 4. The summed E-state index contributed by atoms with van der Waals surface area (Å²) in [7, 11) is 0. The third kappa shape index (κ3) is 8.98. The van der Waals surface area contributed by atoms with Crippen LogP contribution < -0.4 is 0 Å². The first-order valence-corrected chi connectivity index (χ1v) is 11.7. The minimum atomic E-state index is -1.40. The molecule has 2 N–H and O–H groups in total. The summed E-state index contributed by atoms with van der Waals surface area (Å²) < 4.78 is 39.5. The van der Waals surface area contributed by atoms with Crippen molar-refractivity contribution in [2.45, 2.75) is 71.6 Å². The van der Waals surface area contributed by atoms with E-state index in [1.807, 2.05) is 0 Å². The minimum absolute atomic E-state index is 0.0167. The molecular weight excluding hydrogens is 514 g/mol. The van der Waals surface area contributed by atoms with E-state index in [0.29, 0.717) is 0 Å². The van der Waals surface area contributed by atoms with Gasteiger partial charge in [0.2, 0.25) is 0 Å². The van der Waals surface area contributed by atoms with Crippen LogP contribution in [0.5, 0.6) is 0 Å². The normalized spacial score (nSPS) is 22.9. The number of aliphatic hydroxyl groups is 2. The predicted molar refractivity (Wildman–Crippen MR) is 121 cm³/mol. The molecule has 0 aliphatic carbocycles. The fraction of sp³-hybridized carbons (Fsp3) is 0.727. The molecule has 0 unspecified atom stereocenters. The Kier molecular flexibility index (Phi) is 12.5. The molecule has 0 aromatic carbocycles. The highest BCUT2D eigenvalue weighted by Gasteiger charge is 2.53. The third-order valence-electron chi connectivity index (χ3n) is 5.03. The number of ether oxygens (including phenoxy) is 7. The van der Waals surface area contributed by atoms with Gasteiger partial charge in [0.25, 0.3) is 0 Å². The Balaban J connectivity index is 2.60. The van der Waals surface area contributed by atoms with Crippen LogP contribution in [-0.4, -0.2) is 107 Å². The second kappa shape index (κ2) is 15.3. The molecule has 0 saturated carbocycles. The molecule has 0 radical (unpaired) electrons. The van der Waals surface area contributed by atoms with Crippen LogP contribution >= 0.6 is 0 Å². The molecule has 1 aromatic rings. The molecule has 1 aliphatic heterocycles. The molecule has 2 rings (SSSR count). The van der Waals surface area contributed by atoms with Crippen molar-refractivity contribution in [3.63, 3.8) is 0 Å². The van der Waals surface area contributed by atoms with Crippen molar-refractivity contribution < 1.29 is 62.5 Å². The van der Waals surface area contributed by atoms with Crippen LogP contribution in [0.2, 0.25) is 0 Å². The van der Waals surface area contributed by atoms with E-state index in [-0.39, 0.29) is 51.0 Å². The van der Waals surface area contributed by atoms with Crippen molar-refractivity contribution in [2.75, 3.05) is 33.0 Å². The zero-order chi connectivity index (χ0) is 28.2. The summed E-state index contributed by atoms with van der Waals surface area (Å²) in [5, 5.41) is 26.3. The van der Waals surface area contributed by atoms with Gasteiger partial charge in [-0.15, -0.1) is 5.10 Å². The van der Waals surface area contributed by atoms with E-state index in [1.165, 1.54) is 11.6 Å². The van der Waals surface area contributed by atoms with Gasteiger partial charge in [0, 0.05) is 27.7 Å². The summed E-state index contributed by atoms with van der Waals surface area (Å²) in [5.41, 5.74) is 0.571. The number of nitrogens with zero attached hydrogens (tertiary/aromatic N) is 3. The van der Waals surface area contributed by atoms with Crippen molar-refractivity contribution in [1.29, 1.82) is 0 Å². The maximum Gasteiger partial charge on any atom is 0.303 e. The lowest BCUT2D eigenvalue weighted by molar-refractivity contribution is -0.271. The van der Waals surface area contributed by atoms with Crippen LogP contribution in [0.25, 0.3) is 0 Å². The van der Waals surface area contributed by atoms with Gasteiger partial charge in [0.15, 0.2) is 24.5 Å². The van der Waals surface area contributed by atoms with E-state index < -0.39 is 61.1 Å². The first-order chi connectivity index (χ1) is 18.1. The first kappa shape index (κ1) is 31.0. The molecule has 16 heteroatoms. The van der Waals surface area contributed by atoms with E-state index in [2.05, 4.69) is 10.3 Å². The molecule has 0 spiro atoms. The van der Waals surface area contributed by atoms with E-state index in [0.717, 1.165) is 20.8 Å². The number of aliphatic hydroxyl groups excluding tert-OH is 2. The van der Waals surface area contributed by atoms with Crippen LogP contribution in [0.4, 0.5) is 0 Å². The van der Waals surface area contributed by atoms with E-state index in [9.17, 15) is 19.2 Å². The maximum atomic E-state index is 12.1. The topological polar surface area (TPSA) is 204 Å². The van der Waals surface area contributed by atoms with Crippen LogP contribution in [0.1, 0.15) is 45.3 Å². The molecule has 2 heterocycles. The average molecular weight is 548 g/mol. The van der Waals surface area contributed by atoms with Crippen LogP contribution in [0.15, 0.2) is 0 Å². The van der Waals surface area contributed by atoms with Crippen molar-refractivity contribution in [1.82, 2.24) is 15.0 Å². The van der Waals surface area contributed by atoms with Gasteiger partial charge >= 0.3 is 23.9 Å². The number of hydrogen-bond donors (Lipinski definition) is 2. The van der Waals surface area contributed by atoms with Gasteiger partial charge in [-0.3, -0.25) is 19.2 Å². The Bertz CT molecular complexity index is 953. The molecule has 1 aliphatic rings. The Morgan fingerprint density at radius 3 is 1.92 bits per heavy atom. The summed E-state index contributed by atoms with van der Waals surface area (Å²) in [4.78, 5) is 47.6. The van der Waals surface area contributed by atoms with Crippen molar-refractivity contribution >= 4 is 23.9 Å². The van der Waals surface area contributed by atoms with Gasteiger partial charge < -0.3 is 43.4 Å². The summed E-state index contributed by atoms with van der Waals surface area (Å²) in [5.74, 6) is -2.96. The van der Waals surface area contributed by atoms with E-state index in [4.69, 9.17) is 43.4 Å². The Labute approximate surface area is 218 Å². The molecule has 1 saturated heterocycles. The SMILES string of the molecule is CC(=O)OC[C@H]1O[C@@H](n2nnc(COCCO)c2COCCO)[C@H](OC(C)=O)[C@@H](OC(C)=O)[C@@H]1OC(C)=O. The Hall–Kier alpha value is -3.18. The van der Waals surface area contributed by atoms with Crippen LogP contribution in [0.3, 0.4) is 0 Å². The van der Waals surface area contributed by atoms with Gasteiger partial charge in [-0.25, -0.2) is 4.68 Å². The highest BCUT2D eigenvalue weighted by Crippen LogP contribution is 2.35. The van der Waals surface area contributed by atoms with E-state index >= 15 is 0 Å². The molecule has 38 heavy (non-hydrogen) atoms. The second-order valence-corrected chi connectivity index (χ2v) is 8.07. The highest BCUT2D eigenvalue weighted by molar-refractivity contribution is 5.68. The zero-order valence-electron chi connectivity index (χ0n) is 21.6. The van der Waals surface area contributed by atoms with Gasteiger partial charge in [-0.1, -0.05) is 5.21 Å². The molecule has 1 aromatic heterocycles. The quantitative estimate of drug-likeness (QED) is 0.155. The standard InChI is InChI=1S/C22H33N3O13/c1-12(28)34-11-18-19(35-13(2)29)20(36-14(3)30)21(37-15(4)31)22(38-18)25-17(10-33-8-6-27)16(23-24-25)9-32-7-5-26/h18-22,26-27H,5-11H2,1-4H3/t18-,19-,20+,21-,22-/m1/s1. The zero-order valence-corrected chi connectivity index (χ0v) is 21.6. The molecule has 0 bridgehead atoms. The molecule has 16 nitrogen and oxygen atoms in total. The molecular formula is C22H33N3O13. The number of esters is 4. The summed E-state index contributed by atoms with van der Waals surface area (Å²) in [6.45, 7) is 3.38. The lowest BCUT2D eigenvalue weighted by Gasteiger charge is -2.44. The van der Waals surface area contributed by atoms with Crippen LogP contribution in [-0.2, 0) is 65.5 Å². The van der Waals surface area contributed by atoms with Crippen molar-refractivity contribution in [3.8, 4) is 0 Å². The van der Waals surface area contributed by atoms with Gasteiger partial charge in [0.05, 0.1) is 45.3 Å². The fourth-order valence-electron chi connectivity index (χ4n) is 3.68. The molecule has 1 fully saturated rings. The first-order valence-electron chi connectivity index (χ1n) is 11.7. The Morgan fingerprint density at radius 2 is 1.37 bits per heavy atom. The third-order valence-corrected chi connectivity index (χ3v) is 5.03. The van der Waals surface area contributed by atoms with Crippen LogP contribution in [0, 0.1) is 0 Å². The lowest BCUT2D eigenvalue weighted by Crippen LogP contribution is -2.60. The monoisotopic (exact) mass is 547 g/mol. The largest absolute Gasteiger partial charge is 0.463 e. The smallest absolute Gasteiger partial charge is 0.303 e. The minimum Gasteiger partial charge on any atom is -0.463 e. The lowest BCUT2D eigenvalue weighted by atomic mass is 9.97. The Morgan fingerprint density at radius 1 is 0.816 bits per heavy atom. The van der Waals surface area contributed by atoms with Gasteiger partial charge in [-0.05, 0) is 0 Å². The molecule has 214 valence electrons. The fourth-order valence-corrected chi connectivity index (χ4v) is 3.68. The van der Waals surface area contributed by atoms with Gasteiger partial charge in [0.1, 0.15) is 18.4 Å². The van der Waals surface area contributed by atoms with Gasteiger partial charge in [-0.2, -0.15) is 0 Å².